The Balaban J connectivity index is 4.13. The molecule has 0 aliphatic carbocycles. The molecule has 0 radical (unpaired) electrons. The van der Waals surface area contributed by atoms with Crippen LogP contribution in [0.2, 0.25) is 0 Å². The summed E-state index contributed by atoms with van der Waals surface area (Å²) in [6.45, 7) is 2.79. The lowest BCUT2D eigenvalue weighted by atomic mass is 10.3. The van der Waals surface area contributed by atoms with E-state index in [9.17, 15) is 9.59 Å². The number of halogens is 1. The van der Waals surface area contributed by atoms with Gasteiger partial charge in [-0.25, -0.2) is 0 Å². The lowest BCUT2D eigenvalue weighted by molar-refractivity contribution is -0.135. The van der Waals surface area contributed by atoms with Gasteiger partial charge >= 0.3 is 0 Å². The van der Waals surface area contributed by atoms with Gasteiger partial charge in [0, 0.05) is 25.3 Å². The highest BCUT2D eigenvalue weighted by Gasteiger charge is 2.14. The van der Waals surface area contributed by atoms with Crippen LogP contribution in [0.3, 0.4) is 0 Å². The van der Waals surface area contributed by atoms with Gasteiger partial charge in [-0.15, -0.1) is 0 Å². The lowest BCUT2D eigenvalue weighted by Crippen LogP contribution is -2.40. The zero-order valence-electron chi connectivity index (χ0n) is 8.68. The largest absolute Gasteiger partial charge is 0.358 e. The van der Waals surface area contributed by atoms with Gasteiger partial charge in [0.2, 0.25) is 11.8 Å². The Morgan fingerprint density at radius 1 is 1.43 bits per heavy atom. The first-order valence-electron chi connectivity index (χ1n) is 4.70. The van der Waals surface area contributed by atoms with Crippen LogP contribution >= 0.6 is 15.9 Å². The number of amides is 2. The molecule has 2 amide bonds. The van der Waals surface area contributed by atoms with Crippen molar-refractivity contribution in [3.63, 3.8) is 0 Å². The van der Waals surface area contributed by atoms with E-state index >= 15 is 0 Å². The second kappa shape index (κ2) is 7.79. The summed E-state index contributed by atoms with van der Waals surface area (Å²) >= 11 is 3.20. The molecule has 0 bridgehead atoms. The van der Waals surface area contributed by atoms with Crippen LogP contribution in [0.4, 0.5) is 0 Å². The first-order chi connectivity index (χ1) is 6.65. The third-order valence-electron chi connectivity index (χ3n) is 1.77. The van der Waals surface area contributed by atoms with Gasteiger partial charge < -0.3 is 10.2 Å². The van der Waals surface area contributed by atoms with Crippen molar-refractivity contribution in [2.45, 2.75) is 19.8 Å². The summed E-state index contributed by atoms with van der Waals surface area (Å²) in [6.07, 6.45) is 1.31. The molecule has 0 atom stereocenters. The van der Waals surface area contributed by atoms with E-state index in [1.807, 2.05) is 6.92 Å². The molecule has 4 nitrogen and oxygen atoms in total. The Kier molecular flexibility index (Phi) is 7.47. The number of alkyl halides is 1. The van der Waals surface area contributed by atoms with E-state index in [2.05, 4.69) is 21.2 Å². The Labute approximate surface area is 93.2 Å². The smallest absolute Gasteiger partial charge is 0.239 e. The number of likely N-dealkylation sites (N-methyl/N-ethyl adjacent to an activating group) is 1. The summed E-state index contributed by atoms with van der Waals surface area (Å²) in [5, 5.41) is 3.14. The summed E-state index contributed by atoms with van der Waals surface area (Å²) < 4.78 is 0. The van der Waals surface area contributed by atoms with E-state index in [1.165, 1.54) is 0 Å². The summed E-state index contributed by atoms with van der Waals surface area (Å²) in [5.74, 6) is -0.103. The van der Waals surface area contributed by atoms with Gasteiger partial charge in [-0.2, -0.15) is 0 Å². The maximum Gasteiger partial charge on any atom is 0.239 e. The Morgan fingerprint density at radius 3 is 2.50 bits per heavy atom. The van der Waals surface area contributed by atoms with Crippen LogP contribution in [0, 0.1) is 0 Å². The average molecular weight is 265 g/mol. The highest BCUT2D eigenvalue weighted by molar-refractivity contribution is 9.09. The van der Waals surface area contributed by atoms with Gasteiger partial charge in [0.1, 0.15) is 0 Å². The molecule has 0 rings (SSSR count). The first kappa shape index (κ1) is 13.4. The number of nitrogens with zero attached hydrogens (tertiary/aromatic N) is 1. The van der Waals surface area contributed by atoms with E-state index in [-0.39, 0.29) is 18.4 Å². The van der Waals surface area contributed by atoms with Crippen molar-refractivity contribution in [1.82, 2.24) is 10.2 Å². The molecule has 0 saturated carbocycles. The van der Waals surface area contributed by atoms with Crippen LogP contribution in [0.25, 0.3) is 0 Å². The van der Waals surface area contributed by atoms with Crippen molar-refractivity contribution < 1.29 is 9.59 Å². The predicted molar refractivity (Wildman–Crippen MR) is 59.3 cm³/mol. The Bertz CT molecular complexity index is 197. The number of carbonyl (C=O) groups excluding carboxylic acids is 2. The molecule has 0 fully saturated rings. The summed E-state index contributed by atoms with van der Waals surface area (Å²) in [5.41, 5.74) is 0. The summed E-state index contributed by atoms with van der Waals surface area (Å²) in [4.78, 5) is 24.2. The Morgan fingerprint density at radius 2 is 2.07 bits per heavy atom. The third-order valence-corrected chi connectivity index (χ3v) is 2.16. The van der Waals surface area contributed by atoms with Gasteiger partial charge in [0.15, 0.2) is 0 Å². The normalized spacial score (nSPS) is 9.64. The average Bonchev–Trinajstić information content (AvgIpc) is 2.17. The molecule has 0 aromatic heterocycles. The van der Waals surface area contributed by atoms with Crippen LogP contribution in [-0.4, -0.2) is 42.2 Å². The van der Waals surface area contributed by atoms with Crippen LogP contribution in [0.1, 0.15) is 19.8 Å². The molecule has 14 heavy (non-hydrogen) atoms. The van der Waals surface area contributed by atoms with Gasteiger partial charge in [0.25, 0.3) is 0 Å². The second-order valence-corrected chi connectivity index (χ2v) is 3.72. The zero-order chi connectivity index (χ0) is 11.0. The number of rotatable bonds is 6. The van der Waals surface area contributed by atoms with E-state index in [1.54, 1.807) is 11.9 Å². The maximum absolute atomic E-state index is 11.5. The SMILES string of the molecule is CCCN(CC(=O)NC)C(=O)CCBr. The number of hydrogen-bond acceptors (Lipinski definition) is 2. The minimum absolute atomic E-state index is 0.0207. The van der Waals surface area contributed by atoms with Crippen LogP contribution < -0.4 is 5.32 Å². The molecule has 0 unspecified atom stereocenters. The van der Waals surface area contributed by atoms with E-state index < -0.39 is 0 Å². The monoisotopic (exact) mass is 264 g/mol. The lowest BCUT2D eigenvalue weighted by Gasteiger charge is -2.20. The predicted octanol–water partition coefficient (Wildman–Crippen LogP) is 0.756. The van der Waals surface area contributed by atoms with Gasteiger partial charge in [0.05, 0.1) is 6.54 Å². The fourth-order valence-corrected chi connectivity index (χ4v) is 1.39. The van der Waals surface area contributed by atoms with Crippen molar-refractivity contribution in [1.29, 1.82) is 0 Å². The van der Waals surface area contributed by atoms with E-state index in [0.717, 1.165) is 6.42 Å². The molecule has 0 aliphatic heterocycles. The Hall–Kier alpha value is -0.580. The van der Waals surface area contributed by atoms with Crippen molar-refractivity contribution in [3.8, 4) is 0 Å². The molecule has 0 saturated heterocycles. The number of nitrogens with one attached hydrogen (secondary N) is 1. The fraction of sp³-hybridized carbons (Fsp3) is 0.778. The van der Waals surface area contributed by atoms with E-state index in [4.69, 9.17) is 0 Å². The standard InChI is InChI=1S/C9H17BrN2O2/c1-3-6-12(7-8(13)11-2)9(14)4-5-10/h3-7H2,1-2H3,(H,11,13). The molecular formula is C9H17BrN2O2. The quantitative estimate of drug-likeness (QED) is 0.721. The molecule has 0 aromatic rings. The van der Waals surface area contributed by atoms with Crippen LogP contribution in [0.5, 0.6) is 0 Å². The summed E-state index contributed by atoms with van der Waals surface area (Å²) in [6, 6.07) is 0. The van der Waals surface area contributed by atoms with Gasteiger partial charge in [-0.1, -0.05) is 22.9 Å². The van der Waals surface area contributed by atoms with Crippen molar-refractivity contribution in [2.24, 2.45) is 0 Å². The molecule has 82 valence electrons. The highest BCUT2D eigenvalue weighted by Crippen LogP contribution is 1.98. The van der Waals surface area contributed by atoms with Crippen molar-refractivity contribution in [3.05, 3.63) is 0 Å². The van der Waals surface area contributed by atoms with Crippen molar-refractivity contribution in [2.75, 3.05) is 25.5 Å². The molecule has 0 heterocycles. The highest BCUT2D eigenvalue weighted by atomic mass is 79.9. The minimum Gasteiger partial charge on any atom is -0.358 e. The third kappa shape index (κ3) is 5.21. The topological polar surface area (TPSA) is 49.4 Å². The molecular weight excluding hydrogens is 248 g/mol. The summed E-state index contributed by atoms with van der Waals surface area (Å²) in [7, 11) is 1.57. The van der Waals surface area contributed by atoms with Crippen LogP contribution in [0.15, 0.2) is 0 Å². The zero-order valence-corrected chi connectivity index (χ0v) is 10.3. The number of hydrogen-bond donors (Lipinski definition) is 1. The first-order valence-corrected chi connectivity index (χ1v) is 5.82. The molecule has 5 heteroatoms. The minimum atomic E-state index is -0.124. The number of carbonyl (C=O) groups is 2. The van der Waals surface area contributed by atoms with Crippen LogP contribution in [-0.2, 0) is 9.59 Å². The van der Waals surface area contributed by atoms with Crippen molar-refractivity contribution >= 4 is 27.7 Å². The van der Waals surface area contributed by atoms with Gasteiger partial charge in [-0.05, 0) is 6.42 Å². The fourth-order valence-electron chi connectivity index (χ4n) is 1.05. The van der Waals surface area contributed by atoms with E-state index in [0.29, 0.717) is 18.3 Å². The van der Waals surface area contributed by atoms with Gasteiger partial charge in [-0.3, -0.25) is 9.59 Å². The molecule has 0 spiro atoms. The second-order valence-electron chi connectivity index (χ2n) is 2.93. The molecule has 0 aromatic carbocycles. The molecule has 1 N–H and O–H groups in total. The maximum atomic E-state index is 11.5. The molecule has 0 aliphatic rings.